The van der Waals surface area contributed by atoms with Crippen LogP contribution in [-0.4, -0.2) is 48.9 Å². The minimum absolute atomic E-state index is 0.114. The average Bonchev–Trinajstić information content (AvgIpc) is 3.16. The third-order valence-corrected chi connectivity index (χ3v) is 4.94. The highest BCUT2D eigenvalue weighted by atomic mass is 16.3. The lowest BCUT2D eigenvalue weighted by molar-refractivity contribution is 0.0799. The van der Waals surface area contributed by atoms with E-state index in [1.54, 1.807) is 0 Å². The maximum atomic E-state index is 9.74. The topological polar surface area (TPSA) is 67.1 Å². The number of aliphatic hydroxyl groups excluding tert-OH is 1. The number of tetrazole rings is 1. The number of aliphatic hydroxyl groups is 1. The van der Waals surface area contributed by atoms with Crippen LogP contribution in [0.2, 0.25) is 0 Å². The largest absolute Gasteiger partial charge is 0.395 e. The van der Waals surface area contributed by atoms with Crippen LogP contribution in [0.1, 0.15) is 71.2 Å². The first kappa shape index (κ1) is 14.9. The predicted octanol–water partition coefficient (Wildman–Crippen LogP) is 1.87. The predicted molar refractivity (Wildman–Crippen MR) is 79.8 cm³/mol. The van der Waals surface area contributed by atoms with Crippen molar-refractivity contribution in [2.45, 2.75) is 83.0 Å². The Morgan fingerprint density at radius 2 is 1.86 bits per heavy atom. The van der Waals surface area contributed by atoms with E-state index < -0.39 is 0 Å². The Labute approximate surface area is 126 Å². The van der Waals surface area contributed by atoms with E-state index in [1.807, 2.05) is 4.68 Å². The minimum atomic E-state index is -0.114. The van der Waals surface area contributed by atoms with Crippen molar-refractivity contribution in [3.63, 3.8) is 0 Å². The lowest BCUT2D eigenvalue weighted by atomic mass is 10.1. The first-order chi connectivity index (χ1) is 10.0. The van der Waals surface area contributed by atoms with Gasteiger partial charge in [0.15, 0.2) is 5.82 Å². The molecule has 6 heteroatoms. The van der Waals surface area contributed by atoms with Crippen molar-refractivity contribution < 1.29 is 5.11 Å². The normalized spacial score (nSPS) is 28.6. The Morgan fingerprint density at radius 1 is 1.14 bits per heavy atom. The van der Waals surface area contributed by atoms with Gasteiger partial charge in [0, 0.05) is 12.1 Å². The number of nitrogens with zero attached hydrogens (tertiary/aromatic N) is 5. The highest BCUT2D eigenvalue weighted by molar-refractivity contribution is 5.04. The van der Waals surface area contributed by atoms with E-state index in [1.165, 1.54) is 25.7 Å². The molecule has 6 nitrogen and oxygen atoms in total. The van der Waals surface area contributed by atoms with Gasteiger partial charge in [0.1, 0.15) is 0 Å². The fourth-order valence-electron chi connectivity index (χ4n) is 3.99. The van der Waals surface area contributed by atoms with E-state index in [-0.39, 0.29) is 24.2 Å². The average molecular weight is 293 g/mol. The molecule has 0 unspecified atom stereocenters. The van der Waals surface area contributed by atoms with Crippen LogP contribution >= 0.6 is 0 Å². The summed E-state index contributed by atoms with van der Waals surface area (Å²) in [5, 5.41) is 22.2. The quantitative estimate of drug-likeness (QED) is 0.921. The molecule has 2 atom stereocenters. The van der Waals surface area contributed by atoms with E-state index in [0.717, 1.165) is 18.7 Å². The van der Waals surface area contributed by atoms with Gasteiger partial charge in [-0.2, -0.15) is 0 Å². The van der Waals surface area contributed by atoms with Crippen molar-refractivity contribution in [2.24, 2.45) is 0 Å². The third-order valence-electron chi connectivity index (χ3n) is 4.94. The van der Waals surface area contributed by atoms with Crippen molar-refractivity contribution in [2.75, 3.05) is 6.61 Å². The molecule has 2 aliphatic rings. The van der Waals surface area contributed by atoms with Crippen LogP contribution < -0.4 is 0 Å². The first-order valence-corrected chi connectivity index (χ1v) is 8.19. The smallest absolute Gasteiger partial charge is 0.168 e. The van der Waals surface area contributed by atoms with Gasteiger partial charge in [-0.3, -0.25) is 4.90 Å². The summed E-state index contributed by atoms with van der Waals surface area (Å²) in [6, 6.07) is 1.10. The second kappa shape index (κ2) is 5.65. The number of aromatic nitrogens is 4. The van der Waals surface area contributed by atoms with Gasteiger partial charge in [0.2, 0.25) is 0 Å². The van der Waals surface area contributed by atoms with E-state index in [9.17, 15) is 5.11 Å². The molecule has 1 aliphatic heterocycles. The standard InChI is InChI=1S/C15H27N5O/c1-15(2,3)20-14(16-17-18-20)13-9-8-12(10-21)19(13)11-6-4-5-7-11/h11-13,21H,4-10H2,1-3H3/t12-,13+/m0/s1. The molecule has 1 aromatic heterocycles. The van der Waals surface area contributed by atoms with Crippen LogP contribution in [0.15, 0.2) is 0 Å². The molecule has 1 saturated heterocycles. The Balaban J connectivity index is 1.91. The van der Waals surface area contributed by atoms with Gasteiger partial charge in [-0.25, -0.2) is 4.68 Å². The highest BCUT2D eigenvalue weighted by Gasteiger charge is 2.42. The van der Waals surface area contributed by atoms with Crippen molar-refractivity contribution in [3.05, 3.63) is 5.82 Å². The van der Waals surface area contributed by atoms with E-state index in [4.69, 9.17) is 0 Å². The number of likely N-dealkylation sites (tertiary alicyclic amines) is 1. The van der Waals surface area contributed by atoms with Crippen LogP contribution in [0.25, 0.3) is 0 Å². The molecule has 3 rings (SSSR count). The molecular weight excluding hydrogens is 266 g/mol. The van der Waals surface area contributed by atoms with Crippen molar-refractivity contribution in [1.29, 1.82) is 0 Å². The molecular formula is C15H27N5O. The molecule has 2 fully saturated rings. The number of rotatable bonds is 3. The molecule has 0 radical (unpaired) electrons. The fourth-order valence-corrected chi connectivity index (χ4v) is 3.99. The van der Waals surface area contributed by atoms with Gasteiger partial charge in [0.25, 0.3) is 0 Å². The van der Waals surface area contributed by atoms with Crippen LogP contribution in [0, 0.1) is 0 Å². The van der Waals surface area contributed by atoms with Gasteiger partial charge in [0.05, 0.1) is 18.2 Å². The molecule has 1 aliphatic carbocycles. The van der Waals surface area contributed by atoms with Gasteiger partial charge in [-0.15, -0.1) is 5.10 Å². The van der Waals surface area contributed by atoms with Crippen molar-refractivity contribution in [3.8, 4) is 0 Å². The first-order valence-electron chi connectivity index (χ1n) is 8.19. The van der Waals surface area contributed by atoms with E-state index >= 15 is 0 Å². The summed E-state index contributed by atoms with van der Waals surface area (Å²) in [5.41, 5.74) is -0.114. The molecule has 0 amide bonds. The summed E-state index contributed by atoms with van der Waals surface area (Å²) >= 11 is 0. The summed E-state index contributed by atoms with van der Waals surface area (Å²) in [6.45, 7) is 6.63. The third kappa shape index (κ3) is 2.71. The summed E-state index contributed by atoms with van der Waals surface area (Å²) < 4.78 is 1.96. The Bertz CT molecular complexity index is 475. The summed E-state index contributed by atoms with van der Waals surface area (Å²) in [4.78, 5) is 2.51. The maximum Gasteiger partial charge on any atom is 0.168 e. The van der Waals surface area contributed by atoms with Gasteiger partial charge < -0.3 is 5.11 Å². The Kier molecular flexibility index (Phi) is 4.01. The SMILES string of the molecule is CC(C)(C)n1nnnc1[C@H]1CC[C@@H](CO)N1C1CCCC1. The molecule has 0 bridgehead atoms. The zero-order valence-corrected chi connectivity index (χ0v) is 13.4. The van der Waals surface area contributed by atoms with Gasteiger partial charge in [-0.1, -0.05) is 12.8 Å². The lowest BCUT2D eigenvalue weighted by Gasteiger charge is -2.35. The zero-order chi connectivity index (χ0) is 15.0. The second-order valence-electron chi connectivity index (χ2n) is 7.43. The molecule has 2 heterocycles. The minimum Gasteiger partial charge on any atom is -0.395 e. The van der Waals surface area contributed by atoms with Crippen molar-refractivity contribution in [1.82, 2.24) is 25.1 Å². The van der Waals surface area contributed by atoms with Gasteiger partial charge in [-0.05, 0) is 56.9 Å². The molecule has 21 heavy (non-hydrogen) atoms. The highest BCUT2D eigenvalue weighted by Crippen LogP contribution is 2.41. The molecule has 118 valence electrons. The summed E-state index contributed by atoms with van der Waals surface area (Å²) in [6.07, 6.45) is 7.16. The van der Waals surface area contributed by atoms with Gasteiger partial charge >= 0.3 is 0 Å². The number of hydrogen-bond acceptors (Lipinski definition) is 5. The van der Waals surface area contributed by atoms with Crippen LogP contribution in [0.5, 0.6) is 0 Å². The molecule has 0 aromatic carbocycles. The van der Waals surface area contributed by atoms with E-state index in [0.29, 0.717) is 6.04 Å². The second-order valence-corrected chi connectivity index (χ2v) is 7.43. The molecule has 1 saturated carbocycles. The monoisotopic (exact) mass is 293 g/mol. The Hall–Kier alpha value is -1.01. The fraction of sp³-hybridized carbons (Fsp3) is 0.933. The van der Waals surface area contributed by atoms with Crippen LogP contribution in [0.3, 0.4) is 0 Å². The van der Waals surface area contributed by atoms with E-state index in [2.05, 4.69) is 41.2 Å². The van der Waals surface area contributed by atoms with Crippen LogP contribution in [-0.2, 0) is 5.54 Å². The van der Waals surface area contributed by atoms with Crippen LogP contribution in [0.4, 0.5) is 0 Å². The molecule has 1 aromatic rings. The summed E-state index contributed by atoms with van der Waals surface area (Å²) in [5.74, 6) is 0.963. The van der Waals surface area contributed by atoms with Crippen molar-refractivity contribution >= 4 is 0 Å². The summed E-state index contributed by atoms with van der Waals surface area (Å²) in [7, 11) is 0. The molecule has 0 spiro atoms. The maximum absolute atomic E-state index is 9.74. The lowest BCUT2D eigenvalue weighted by Crippen LogP contribution is -2.42. The Morgan fingerprint density at radius 3 is 2.48 bits per heavy atom. The zero-order valence-electron chi connectivity index (χ0n) is 13.4. The molecule has 1 N–H and O–H groups in total. The number of hydrogen-bond donors (Lipinski definition) is 1.